The Labute approximate surface area is 145 Å². The Balaban J connectivity index is 2.25. The molecule has 0 aliphatic carbocycles. The molecule has 1 aliphatic heterocycles. The molecule has 0 unspecified atom stereocenters. The Kier molecular flexibility index (Phi) is 13.0. The Bertz CT molecular complexity index is 226. The third-order valence-corrected chi connectivity index (χ3v) is 5.09. The van der Waals surface area contributed by atoms with Gasteiger partial charge in [-0.05, 0) is 25.7 Å². The predicted octanol–water partition coefficient (Wildman–Crippen LogP) is 7.01. The van der Waals surface area contributed by atoms with Crippen LogP contribution in [0.1, 0.15) is 117 Å². The molecule has 0 aromatic carbocycles. The molecule has 138 valence electrons. The lowest BCUT2D eigenvalue weighted by Crippen LogP contribution is -2.35. The molecule has 0 aromatic heterocycles. The molecule has 0 N–H and O–H groups in total. The van der Waals surface area contributed by atoms with Crippen LogP contribution < -0.4 is 0 Å². The maximum atomic E-state index is 6.22. The van der Waals surface area contributed by atoms with E-state index in [0.717, 1.165) is 38.9 Å². The van der Waals surface area contributed by atoms with Crippen LogP contribution in [0.2, 0.25) is 0 Å². The lowest BCUT2D eigenvalue weighted by atomic mass is 9.98. The lowest BCUT2D eigenvalue weighted by molar-refractivity contribution is -0.234. The highest BCUT2D eigenvalue weighted by Gasteiger charge is 2.32. The highest BCUT2D eigenvalue weighted by Crippen LogP contribution is 2.31. The van der Waals surface area contributed by atoms with E-state index < -0.39 is 0 Å². The minimum absolute atomic E-state index is 0.244. The first kappa shape index (κ1) is 21.0. The van der Waals surface area contributed by atoms with Crippen LogP contribution in [0, 0.1) is 0 Å². The summed E-state index contributed by atoms with van der Waals surface area (Å²) >= 11 is 0. The van der Waals surface area contributed by atoms with Crippen molar-refractivity contribution in [2.45, 2.75) is 122 Å². The van der Waals surface area contributed by atoms with E-state index in [0.29, 0.717) is 0 Å². The molecule has 2 heteroatoms. The van der Waals surface area contributed by atoms with E-state index in [2.05, 4.69) is 13.8 Å². The Morgan fingerprint density at radius 3 is 1.39 bits per heavy atom. The molecule has 0 spiro atoms. The van der Waals surface area contributed by atoms with Gasteiger partial charge >= 0.3 is 0 Å². The van der Waals surface area contributed by atoms with Crippen molar-refractivity contribution in [1.29, 1.82) is 0 Å². The molecule has 0 radical (unpaired) electrons. The molecule has 2 nitrogen and oxygen atoms in total. The predicted molar refractivity (Wildman–Crippen MR) is 99.9 cm³/mol. The number of rotatable bonds is 14. The second-order valence-electron chi connectivity index (χ2n) is 7.35. The zero-order chi connectivity index (χ0) is 16.6. The van der Waals surface area contributed by atoms with E-state index in [1.807, 2.05) is 0 Å². The summed E-state index contributed by atoms with van der Waals surface area (Å²) in [5, 5.41) is 0. The zero-order valence-corrected chi connectivity index (χ0v) is 16.0. The number of hydrogen-bond acceptors (Lipinski definition) is 2. The average molecular weight is 327 g/mol. The van der Waals surface area contributed by atoms with Crippen molar-refractivity contribution in [3.8, 4) is 0 Å². The molecule has 0 bridgehead atoms. The fourth-order valence-corrected chi connectivity index (χ4v) is 3.53. The first-order chi connectivity index (χ1) is 11.3. The second-order valence-corrected chi connectivity index (χ2v) is 7.35. The quantitative estimate of drug-likeness (QED) is 0.320. The van der Waals surface area contributed by atoms with Gasteiger partial charge in [0.15, 0.2) is 5.79 Å². The van der Waals surface area contributed by atoms with Crippen molar-refractivity contribution in [2.24, 2.45) is 0 Å². The summed E-state index contributed by atoms with van der Waals surface area (Å²) in [6.07, 6.45) is 20.7. The van der Waals surface area contributed by atoms with Crippen molar-refractivity contribution in [1.82, 2.24) is 0 Å². The smallest absolute Gasteiger partial charge is 0.168 e. The van der Waals surface area contributed by atoms with Crippen molar-refractivity contribution in [3.63, 3.8) is 0 Å². The monoisotopic (exact) mass is 326 g/mol. The SMILES string of the molecule is CCCCCCCCC1(CCCCCCCC)OCCCCO1. The topological polar surface area (TPSA) is 18.5 Å². The normalized spacial score (nSPS) is 18.0. The lowest BCUT2D eigenvalue weighted by Gasteiger charge is -2.32. The van der Waals surface area contributed by atoms with E-state index in [9.17, 15) is 0 Å². The van der Waals surface area contributed by atoms with Gasteiger partial charge in [0.25, 0.3) is 0 Å². The van der Waals surface area contributed by atoms with Gasteiger partial charge in [-0.25, -0.2) is 0 Å². The maximum Gasteiger partial charge on any atom is 0.168 e. The fraction of sp³-hybridized carbons (Fsp3) is 1.00. The summed E-state index contributed by atoms with van der Waals surface area (Å²) in [5.74, 6) is -0.244. The Morgan fingerprint density at radius 1 is 0.565 bits per heavy atom. The molecule has 23 heavy (non-hydrogen) atoms. The van der Waals surface area contributed by atoms with Gasteiger partial charge in [0.2, 0.25) is 0 Å². The number of unbranched alkanes of at least 4 members (excludes halogenated alkanes) is 10. The van der Waals surface area contributed by atoms with Crippen LogP contribution in [-0.4, -0.2) is 19.0 Å². The summed E-state index contributed by atoms with van der Waals surface area (Å²) in [6, 6.07) is 0. The van der Waals surface area contributed by atoms with Crippen molar-refractivity contribution in [2.75, 3.05) is 13.2 Å². The first-order valence-corrected chi connectivity index (χ1v) is 10.6. The van der Waals surface area contributed by atoms with Gasteiger partial charge in [-0.2, -0.15) is 0 Å². The fourth-order valence-electron chi connectivity index (χ4n) is 3.53. The highest BCUT2D eigenvalue weighted by molar-refractivity contribution is 4.73. The van der Waals surface area contributed by atoms with Gasteiger partial charge in [0.05, 0.1) is 13.2 Å². The first-order valence-electron chi connectivity index (χ1n) is 10.6. The van der Waals surface area contributed by atoms with Crippen LogP contribution in [0.3, 0.4) is 0 Å². The summed E-state index contributed by atoms with van der Waals surface area (Å²) in [4.78, 5) is 0. The summed E-state index contributed by atoms with van der Waals surface area (Å²) < 4.78 is 12.4. The number of hydrogen-bond donors (Lipinski definition) is 0. The molecule has 0 atom stereocenters. The molecule has 1 saturated heterocycles. The molecule has 1 heterocycles. The average Bonchev–Trinajstić information content (AvgIpc) is 2.80. The minimum atomic E-state index is -0.244. The zero-order valence-electron chi connectivity index (χ0n) is 16.0. The molecule has 0 saturated carbocycles. The molecule has 1 aliphatic rings. The standard InChI is InChI=1S/C21H42O2/c1-3-5-7-9-11-13-17-21(22-19-15-16-20-23-21)18-14-12-10-8-6-4-2/h3-20H2,1-2H3. The third kappa shape index (κ3) is 10.4. The maximum absolute atomic E-state index is 6.22. The largest absolute Gasteiger partial charge is 0.350 e. The van der Waals surface area contributed by atoms with E-state index in [-0.39, 0.29) is 5.79 Å². The van der Waals surface area contributed by atoms with Crippen LogP contribution in [0.4, 0.5) is 0 Å². The molecular weight excluding hydrogens is 284 g/mol. The molecule has 1 rings (SSSR count). The van der Waals surface area contributed by atoms with E-state index >= 15 is 0 Å². The highest BCUT2D eigenvalue weighted by atomic mass is 16.7. The van der Waals surface area contributed by atoms with Crippen LogP contribution in [0.25, 0.3) is 0 Å². The third-order valence-electron chi connectivity index (χ3n) is 5.09. The van der Waals surface area contributed by atoms with Gasteiger partial charge in [0, 0.05) is 12.8 Å². The molecule has 0 aromatic rings. The van der Waals surface area contributed by atoms with Crippen LogP contribution >= 0.6 is 0 Å². The van der Waals surface area contributed by atoms with E-state index in [4.69, 9.17) is 9.47 Å². The van der Waals surface area contributed by atoms with E-state index in [1.165, 1.54) is 77.0 Å². The summed E-state index contributed by atoms with van der Waals surface area (Å²) in [7, 11) is 0. The van der Waals surface area contributed by atoms with Gasteiger partial charge in [-0.15, -0.1) is 0 Å². The van der Waals surface area contributed by atoms with Gasteiger partial charge in [-0.3, -0.25) is 0 Å². The van der Waals surface area contributed by atoms with E-state index in [1.54, 1.807) is 0 Å². The molecule has 1 fully saturated rings. The van der Waals surface area contributed by atoms with Gasteiger partial charge < -0.3 is 9.47 Å². The van der Waals surface area contributed by atoms with Crippen LogP contribution in [0.15, 0.2) is 0 Å². The Morgan fingerprint density at radius 2 is 0.957 bits per heavy atom. The molecule has 0 amide bonds. The van der Waals surface area contributed by atoms with Gasteiger partial charge in [-0.1, -0.05) is 78.1 Å². The van der Waals surface area contributed by atoms with Crippen LogP contribution in [-0.2, 0) is 9.47 Å². The minimum Gasteiger partial charge on any atom is -0.350 e. The van der Waals surface area contributed by atoms with Gasteiger partial charge in [0.1, 0.15) is 0 Å². The second kappa shape index (κ2) is 14.3. The van der Waals surface area contributed by atoms with Crippen molar-refractivity contribution < 1.29 is 9.47 Å². The summed E-state index contributed by atoms with van der Waals surface area (Å²) in [6.45, 7) is 6.35. The van der Waals surface area contributed by atoms with Crippen molar-refractivity contribution >= 4 is 0 Å². The Hall–Kier alpha value is -0.0800. The number of ether oxygens (including phenoxy) is 2. The molecular formula is C21H42O2. The summed E-state index contributed by atoms with van der Waals surface area (Å²) in [5.41, 5.74) is 0. The van der Waals surface area contributed by atoms with Crippen molar-refractivity contribution in [3.05, 3.63) is 0 Å². The van der Waals surface area contributed by atoms with Crippen LogP contribution in [0.5, 0.6) is 0 Å².